The van der Waals surface area contributed by atoms with Crippen molar-refractivity contribution >= 4 is 23.7 Å². The second-order valence-corrected chi connectivity index (χ2v) is 11.9. The van der Waals surface area contributed by atoms with Gasteiger partial charge in [0.2, 0.25) is 17.7 Å². The quantitative estimate of drug-likeness (QED) is 0.320. The third-order valence-corrected chi connectivity index (χ3v) is 8.98. The molecule has 2 saturated heterocycles. The summed E-state index contributed by atoms with van der Waals surface area (Å²) in [5, 5.41) is 12.6. The summed E-state index contributed by atoms with van der Waals surface area (Å²) in [5.74, 6) is -3.55. The summed E-state index contributed by atoms with van der Waals surface area (Å²) in [7, 11) is 1.51. The minimum Gasteiger partial charge on any atom is -0.455 e. The number of allylic oxidation sites excluding steroid dienone is 1. The van der Waals surface area contributed by atoms with Crippen LogP contribution in [0.1, 0.15) is 50.7 Å². The van der Waals surface area contributed by atoms with Gasteiger partial charge >= 0.3 is 5.97 Å². The Bertz CT molecular complexity index is 1270. The third-order valence-electron chi connectivity index (χ3n) is 8.98. The molecule has 4 aliphatic rings. The zero-order valence-electron chi connectivity index (χ0n) is 25.4. The number of likely N-dealkylation sites (tertiary alicyclic amines) is 1. The molecule has 5 rings (SSSR count). The molecule has 2 N–H and O–H groups in total. The van der Waals surface area contributed by atoms with Crippen molar-refractivity contribution in [1.29, 1.82) is 0 Å². The number of benzene rings is 1. The van der Waals surface area contributed by atoms with Crippen molar-refractivity contribution in [3.8, 4) is 0 Å². The monoisotopic (exact) mass is 609 g/mol. The first-order valence-electron chi connectivity index (χ1n) is 15.6. The predicted molar refractivity (Wildman–Crippen MR) is 160 cm³/mol. The van der Waals surface area contributed by atoms with Crippen LogP contribution in [0.2, 0.25) is 0 Å². The topological polar surface area (TPSA) is 135 Å². The van der Waals surface area contributed by atoms with Crippen molar-refractivity contribution in [2.45, 2.75) is 68.9 Å². The maximum atomic E-state index is 14.4. The molecule has 0 bridgehead atoms. The number of nitrogens with one attached hydrogen (secondary N) is 1. The van der Waals surface area contributed by atoms with Crippen LogP contribution in [0.15, 0.2) is 54.6 Å². The van der Waals surface area contributed by atoms with Gasteiger partial charge in [0.05, 0.1) is 24.7 Å². The van der Waals surface area contributed by atoms with Crippen LogP contribution in [0.3, 0.4) is 0 Å². The molecule has 0 unspecified atom stereocenters. The molecule has 1 aromatic rings. The highest BCUT2D eigenvalue weighted by Crippen LogP contribution is 2.53. The Hall–Kier alpha value is -3.54. The molecule has 2 fully saturated rings. The molecule has 0 aromatic heterocycles. The highest BCUT2D eigenvalue weighted by atomic mass is 16.6. The number of nitrogens with zero attached hydrogens (tertiary/aromatic N) is 2. The van der Waals surface area contributed by atoms with Crippen molar-refractivity contribution in [1.82, 2.24) is 15.1 Å². The number of ether oxygens (including phenoxy) is 3. The number of aliphatic hydroxyl groups is 1. The number of cyclic esters (lactones) is 1. The Morgan fingerprint density at radius 2 is 1.86 bits per heavy atom. The molecule has 11 heteroatoms. The van der Waals surface area contributed by atoms with E-state index >= 15 is 0 Å². The van der Waals surface area contributed by atoms with Gasteiger partial charge in [-0.2, -0.15) is 0 Å². The highest BCUT2D eigenvalue weighted by molar-refractivity contribution is 5.99. The number of fused-ring (bicyclic) bond motifs is 2. The van der Waals surface area contributed by atoms with E-state index in [1.807, 2.05) is 36.4 Å². The fourth-order valence-electron chi connectivity index (χ4n) is 6.97. The molecular formula is C33H43N3O8. The second-order valence-electron chi connectivity index (χ2n) is 11.9. The van der Waals surface area contributed by atoms with Crippen molar-refractivity contribution in [3.05, 3.63) is 60.2 Å². The van der Waals surface area contributed by atoms with E-state index < -0.39 is 47.7 Å². The van der Waals surface area contributed by atoms with Crippen LogP contribution >= 0.6 is 0 Å². The first kappa shape index (κ1) is 31.9. The second kappa shape index (κ2) is 14.0. The number of amides is 3. The van der Waals surface area contributed by atoms with Crippen LogP contribution < -0.4 is 5.32 Å². The van der Waals surface area contributed by atoms with Gasteiger partial charge in [0, 0.05) is 39.8 Å². The lowest BCUT2D eigenvalue weighted by Gasteiger charge is -2.35. The van der Waals surface area contributed by atoms with Gasteiger partial charge in [-0.05, 0) is 24.8 Å². The summed E-state index contributed by atoms with van der Waals surface area (Å²) in [5.41, 5.74) is -0.733. The lowest BCUT2D eigenvalue weighted by Crippen LogP contribution is -2.55. The lowest BCUT2D eigenvalue weighted by molar-refractivity contribution is -0.162. The van der Waals surface area contributed by atoms with Gasteiger partial charge in [-0.25, -0.2) is 0 Å². The Labute approximate surface area is 258 Å². The Morgan fingerprint density at radius 3 is 2.59 bits per heavy atom. The van der Waals surface area contributed by atoms with Crippen molar-refractivity contribution in [3.63, 3.8) is 0 Å². The van der Waals surface area contributed by atoms with Crippen LogP contribution in [0.4, 0.5) is 0 Å². The maximum Gasteiger partial charge on any atom is 0.313 e. The number of rotatable bonds is 9. The number of hydrogen-bond donors (Lipinski definition) is 2. The predicted octanol–water partition coefficient (Wildman–Crippen LogP) is 1.91. The van der Waals surface area contributed by atoms with E-state index in [0.29, 0.717) is 25.1 Å². The maximum absolute atomic E-state index is 14.4. The van der Waals surface area contributed by atoms with E-state index in [2.05, 4.69) is 12.2 Å². The molecule has 44 heavy (non-hydrogen) atoms. The van der Waals surface area contributed by atoms with Gasteiger partial charge in [-0.3, -0.25) is 19.2 Å². The minimum absolute atomic E-state index is 0.0904. The Balaban J connectivity index is 1.58. The molecule has 7 atom stereocenters. The lowest BCUT2D eigenvalue weighted by atomic mass is 9.77. The first-order chi connectivity index (χ1) is 21.4. The number of carbonyl (C=O) groups is 4. The molecule has 3 amide bonds. The smallest absolute Gasteiger partial charge is 0.313 e. The summed E-state index contributed by atoms with van der Waals surface area (Å²) < 4.78 is 18.4. The van der Waals surface area contributed by atoms with Crippen molar-refractivity contribution < 1.29 is 38.5 Å². The SMILES string of the molecule is CCCCN1CC=C[C@@]23O[C@H]4/C=C\CCC(=O)N[C@@H](COC)[C@H](c5ccccc5)OC(=O)[C@H]4[C@@H]2C(=O)N(CCCO)[C@H]3C1=O. The number of carbonyl (C=O) groups excluding carboxylic acids is 4. The fraction of sp³-hybridized carbons (Fsp3) is 0.576. The molecule has 1 spiro atoms. The summed E-state index contributed by atoms with van der Waals surface area (Å²) in [4.78, 5) is 58.9. The van der Waals surface area contributed by atoms with Crippen molar-refractivity contribution in [2.24, 2.45) is 11.8 Å². The first-order valence-corrected chi connectivity index (χ1v) is 15.6. The van der Waals surface area contributed by atoms with E-state index in [1.54, 1.807) is 23.1 Å². The average Bonchev–Trinajstić information content (AvgIpc) is 3.40. The van der Waals surface area contributed by atoms with Gasteiger partial charge in [0.15, 0.2) is 0 Å². The highest BCUT2D eigenvalue weighted by Gasteiger charge is 2.71. The van der Waals surface area contributed by atoms with Gasteiger partial charge in [0.1, 0.15) is 23.7 Å². The number of esters is 1. The molecule has 11 nitrogen and oxygen atoms in total. The molecule has 4 aliphatic heterocycles. The average molecular weight is 610 g/mol. The summed E-state index contributed by atoms with van der Waals surface area (Å²) >= 11 is 0. The molecule has 4 heterocycles. The van der Waals surface area contributed by atoms with Crippen LogP contribution in [0.5, 0.6) is 0 Å². The van der Waals surface area contributed by atoms with Crippen LogP contribution in [0, 0.1) is 11.8 Å². The number of methoxy groups -OCH3 is 1. The molecular weight excluding hydrogens is 566 g/mol. The van der Waals surface area contributed by atoms with Gasteiger partial charge in [0.25, 0.3) is 0 Å². The van der Waals surface area contributed by atoms with Gasteiger partial charge < -0.3 is 34.4 Å². The van der Waals surface area contributed by atoms with E-state index in [-0.39, 0.29) is 50.3 Å². The largest absolute Gasteiger partial charge is 0.455 e. The number of aliphatic hydroxyl groups excluding tert-OH is 1. The third kappa shape index (κ3) is 6.05. The zero-order chi connectivity index (χ0) is 31.3. The normalized spacial score (nSPS) is 33.0. The van der Waals surface area contributed by atoms with E-state index in [0.717, 1.165) is 12.8 Å². The Morgan fingerprint density at radius 1 is 1.07 bits per heavy atom. The van der Waals surface area contributed by atoms with Gasteiger partial charge in [-0.15, -0.1) is 0 Å². The summed E-state index contributed by atoms with van der Waals surface area (Å²) in [6.07, 6.45) is 7.97. The molecule has 0 aliphatic carbocycles. The van der Waals surface area contributed by atoms with Crippen LogP contribution in [0.25, 0.3) is 0 Å². The molecule has 238 valence electrons. The number of hydrogen-bond acceptors (Lipinski definition) is 8. The summed E-state index contributed by atoms with van der Waals surface area (Å²) in [6.45, 7) is 3.05. The molecule has 0 saturated carbocycles. The number of unbranched alkanes of at least 4 members (excludes halogenated alkanes) is 1. The van der Waals surface area contributed by atoms with E-state index in [9.17, 15) is 24.3 Å². The zero-order valence-corrected chi connectivity index (χ0v) is 25.4. The minimum atomic E-state index is -1.40. The summed E-state index contributed by atoms with van der Waals surface area (Å²) in [6, 6.07) is 7.44. The van der Waals surface area contributed by atoms with Crippen molar-refractivity contribution in [2.75, 3.05) is 40.0 Å². The van der Waals surface area contributed by atoms with Gasteiger partial charge in [-0.1, -0.05) is 68.0 Å². The standard InChI is InChI=1S/C33H43N3O8/c1-3-4-17-35-18-10-16-33-27(30(39)36(19-11-20-37)29(33)31(35)40)26-24(44-33)14-8-9-15-25(38)34-23(21-42-2)28(43-32(26)41)22-12-6-5-7-13-22/h5-8,10,12-14,16,23-24,26-29,37H,3-4,9,11,15,17-21H2,1-2H3,(H,34,38)/b14-8-/t23-,24-,26+,27+,28-,29-,33+/m0/s1. The Kier molecular flexibility index (Phi) is 10.2. The van der Waals surface area contributed by atoms with Crippen LogP contribution in [-0.4, -0.2) is 102 Å². The van der Waals surface area contributed by atoms with E-state index in [4.69, 9.17) is 14.2 Å². The fourth-order valence-corrected chi connectivity index (χ4v) is 6.97. The van der Waals surface area contributed by atoms with E-state index in [1.165, 1.54) is 12.0 Å². The molecule has 0 radical (unpaired) electrons. The van der Waals surface area contributed by atoms with Crippen LogP contribution in [-0.2, 0) is 33.4 Å². The molecule has 1 aromatic carbocycles.